The Labute approximate surface area is 144 Å². The third-order valence-electron chi connectivity index (χ3n) is 4.83. The van der Waals surface area contributed by atoms with Crippen molar-refractivity contribution in [3.05, 3.63) is 77.7 Å². The normalized spacial score (nSPS) is 15.5. The largest absolute Gasteiger partial charge is 0.508 e. The zero-order valence-electron chi connectivity index (χ0n) is 13.6. The van der Waals surface area contributed by atoms with Crippen molar-refractivity contribution in [1.82, 2.24) is 14.6 Å². The first-order valence-electron chi connectivity index (χ1n) is 8.20. The number of aryl methyl sites for hydroxylation is 1. The molecule has 1 unspecified atom stereocenters. The van der Waals surface area contributed by atoms with Crippen molar-refractivity contribution in [2.45, 2.75) is 13.0 Å². The van der Waals surface area contributed by atoms with Crippen LogP contribution in [0.25, 0.3) is 16.8 Å². The molecule has 0 amide bonds. The molecule has 0 fully saturated rings. The molecule has 0 spiro atoms. The lowest BCUT2D eigenvalue weighted by molar-refractivity contribution is 0.471. The standard InChI is InChI=1S/C20H16N4O/c1-12-10-13(6-7-17(12)25)18-15-8-9-24-20(15)19(21-11-22-24)14-4-2-3-5-16(14)23-18/h2-11,18,23,25H,1H3. The molecule has 122 valence electrons. The quantitative estimate of drug-likeness (QED) is 0.556. The van der Waals surface area contributed by atoms with Gasteiger partial charge in [-0.1, -0.05) is 24.3 Å². The summed E-state index contributed by atoms with van der Waals surface area (Å²) in [6.45, 7) is 1.91. The van der Waals surface area contributed by atoms with E-state index in [1.807, 2.05) is 41.9 Å². The van der Waals surface area contributed by atoms with Crippen LogP contribution in [0.3, 0.4) is 0 Å². The molecule has 1 atom stereocenters. The summed E-state index contributed by atoms with van der Waals surface area (Å²) in [5.74, 6) is 0.309. The molecule has 4 aromatic rings. The predicted octanol–water partition coefficient (Wildman–Crippen LogP) is 3.93. The molecule has 0 radical (unpaired) electrons. The third kappa shape index (κ3) is 2.02. The molecule has 5 heteroatoms. The van der Waals surface area contributed by atoms with Gasteiger partial charge in [0.1, 0.15) is 17.8 Å². The minimum Gasteiger partial charge on any atom is -0.508 e. The topological polar surface area (TPSA) is 62.5 Å². The van der Waals surface area contributed by atoms with E-state index in [1.165, 1.54) is 0 Å². The fourth-order valence-corrected chi connectivity index (χ4v) is 3.58. The highest BCUT2D eigenvalue weighted by Crippen LogP contribution is 2.41. The fourth-order valence-electron chi connectivity index (χ4n) is 3.58. The van der Waals surface area contributed by atoms with Crippen LogP contribution >= 0.6 is 0 Å². The zero-order chi connectivity index (χ0) is 17.0. The van der Waals surface area contributed by atoms with E-state index in [0.717, 1.165) is 39.2 Å². The molecule has 5 nitrogen and oxygen atoms in total. The first kappa shape index (κ1) is 14.0. The number of aromatic hydroxyl groups is 1. The summed E-state index contributed by atoms with van der Waals surface area (Å²) in [5, 5.41) is 17.9. The first-order valence-corrected chi connectivity index (χ1v) is 8.20. The second-order valence-electron chi connectivity index (χ2n) is 6.34. The highest BCUT2D eigenvalue weighted by atomic mass is 16.3. The first-order chi connectivity index (χ1) is 12.2. The van der Waals surface area contributed by atoms with Gasteiger partial charge in [-0.25, -0.2) is 9.50 Å². The average Bonchev–Trinajstić information content (AvgIpc) is 3.00. The molecule has 2 aromatic heterocycles. The summed E-state index contributed by atoms with van der Waals surface area (Å²) in [5.41, 5.74) is 7.11. The molecule has 0 saturated heterocycles. The summed E-state index contributed by atoms with van der Waals surface area (Å²) in [6, 6.07) is 16.0. The number of fused-ring (bicyclic) bond motifs is 2. The molecule has 0 saturated carbocycles. The Morgan fingerprint density at radius 1 is 1.12 bits per heavy atom. The molecule has 0 bridgehead atoms. The Hall–Kier alpha value is -3.34. The lowest BCUT2D eigenvalue weighted by Gasteiger charge is -2.20. The molecule has 1 aliphatic rings. The Morgan fingerprint density at radius 3 is 2.88 bits per heavy atom. The van der Waals surface area contributed by atoms with Gasteiger partial charge in [0.25, 0.3) is 0 Å². The van der Waals surface area contributed by atoms with Gasteiger partial charge >= 0.3 is 0 Å². The lowest BCUT2D eigenvalue weighted by Crippen LogP contribution is -2.11. The number of phenolic OH excluding ortho intramolecular Hbond substituents is 1. The highest BCUT2D eigenvalue weighted by molar-refractivity contribution is 5.89. The van der Waals surface area contributed by atoms with Crippen LogP contribution in [-0.2, 0) is 0 Å². The number of hydrogen-bond donors (Lipinski definition) is 2. The summed E-state index contributed by atoms with van der Waals surface area (Å²) < 4.78 is 1.88. The number of phenols is 1. The van der Waals surface area contributed by atoms with Crippen LogP contribution in [0.2, 0.25) is 0 Å². The Bertz CT molecular complexity index is 1120. The zero-order valence-corrected chi connectivity index (χ0v) is 13.6. The number of aromatic nitrogens is 3. The molecule has 3 heterocycles. The molecule has 5 rings (SSSR count). The van der Waals surface area contributed by atoms with Crippen LogP contribution in [-0.4, -0.2) is 19.7 Å². The summed E-state index contributed by atoms with van der Waals surface area (Å²) in [6.07, 6.45) is 3.56. The van der Waals surface area contributed by atoms with Gasteiger partial charge in [-0.05, 0) is 42.3 Å². The molecular formula is C20H16N4O. The molecule has 25 heavy (non-hydrogen) atoms. The number of benzene rings is 2. The van der Waals surface area contributed by atoms with E-state index < -0.39 is 0 Å². The summed E-state index contributed by atoms with van der Waals surface area (Å²) >= 11 is 0. The van der Waals surface area contributed by atoms with Gasteiger partial charge in [0.15, 0.2) is 0 Å². The number of rotatable bonds is 1. The number of anilines is 1. The Balaban J connectivity index is 1.83. The van der Waals surface area contributed by atoms with Crippen molar-refractivity contribution >= 4 is 11.2 Å². The smallest absolute Gasteiger partial charge is 0.137 e. The van der Waals surface area contributed by atoms with Crippen molar-refractivity contribution in [2.75, 3.05) is 5.32 Å². The minimum absolute atomic E-state index is 0.0438. The van der Waals surface area contributed by atoms with E-state index in [2.05, 4.69) is 33.6 Å². The molecule has 2 N–H and O–H groups in total. The van der Waals surface area contributed by atoms with E-state index in [1.54, 1.807) is 12.4 Å². The van der Waals surface area contributed by atoms with E-state index >= 15 is 0 Å². The fraction of sp³-hybridized carbons (Fsp3) is 0.100. The van der Waals surface area contributed by atoms with E-state index in [-0.39, 0.29) is 6.04 Å². The average molecular weight is 328 g/mol. The monoisotopic (exact) mass is 328 g/mol. The maximum Gasteiger partial charge on any atom is 0.137 e. The molecular weight excluding hydrogens is 312 g/mol. The summed E-state index contributed by atoms with van der Waals surface area (Å²) in [4.78, 5) is 4.56. The number of hydrogen-bond acceptors (Lipinski definition) is 4. The van der Waals surface area contributed by atoms with Gasteiger partial charge in [0.05, 0.1) is 11.6 Å². The van der Waals surface area contributed by atoms with Crippen molar-refractivity contribution in [1.29, 1.82) is 0 Å². The second kappa shape index (κ2) is 5.08. The van der Waals surface area contributed by atoms with Crippen molar-refractivity contribution < 1.29 is 5.11 Å². The Morgan fingerprint density at radius 2 is 2.00 bits per heavy atom. The van der Waals surface area contributed by atoms with E-state index in [4.69, 9.17) is 0 Å². The number of nitrogens with one attached hydrogen (secondary N) is 1. The van der Waals surface area contributed by atoms with Crippen LogP contribution in [0, 0.1) is 6.92 Å². The second-order valence-corrected chi connectivity index (χ2v) is 6.34. The van der Waals surface area contributed by atoms with Gasteiger partial charge in [-0.2, -0.15) is 5.10 Å². The third-order valence-corrected chi connectivity index (χ3v) is 4.83. The van der Waals surface area contributed by atoms with Crippen molar-refractivity contribution in [3.8, 4) is 17.0 Å². The molecule has 0 aliphatic carbocycles. The van der Waals surface area contributed by atoms with Gasteiger partial charge in [0, 0.05) is 23.0 Å². The van der Waals surface area contributed by atoms with Crippen LogP contribution in [0.1, 0.15) is 22.7 Å². The van der Waals surface area contributed by atoms with E-state index in [9.17, 15) is 5.11 Å². The maximum absolute atomic E-state index is 9.88. The van der Waals surface area contributed by atoms with Crippen LogP contribution in [0.5, 0.6) is 5.75 Å². The molecule has 1 aliphatic heterocycles. The van der Waals surface area contributed by atoms with Crippen molar-refractivity contribution in [2.24, 2.45) is 0 Å². The number of para-hydroxylation sites is 1. The van der Waals surface area contributed by atoms with Gasteiger partial charge in [-0.3, -0.25) is 0 Å². The van der Waals surface area contributed by atoms with Crippen LogP contribution < -0.4 is 5.32 Å². The highest BCUT2D eigenvalue weighted by Gasteiger charge is 2.26. The minimum atomic E-state index is -0.0438. The predicted molar refractivity (Wildman–Crippen MR) is 96.7 cm³/mol. The van der Waals surface area contributed by atoms with Crippen molar-refractivity contribution in [3.63, 3.8) is 0 Å². The SMILES string of the molecule is Cc1cc(C2Nc3ccccc3-c3ncnn4ccc2c34)ccc1O. The van der Waals surface area contributed by atoms with E-state index in [0.29, 0.717) is 5.75 Å². The van der Waals surface area contributed by atoms with Crippen LogP contribution in [0.15, 0.2) is 61.1 Å². The molecule has 2 aromatic carbocycles. The Kier molecular flexibility index (Phi) is 2.85. The van der Waals surface area contributed by atoms with Gasteiger partial charge in [-0.15, -0.1) is 0 Å². The van der Waals surface area contributed by atoms with Gasteiger partial charge < -0.3 is 10.4 Å². The van der Waals surface area contributed by atoms with Gasteiger partial charge in [0.2, 0.25) is 0 Å². The maximum atomic E-state index is 9.88. The number of nitrogens with zero attached hydrogens (tertiary/aromatic N) is 3. The van der Waals surface area contributed by atoms with Crippen LogP contribution in [0.4, 0.5) is 5.69 Å². The summed E-state index contributed by atoms with van der Waals surface area (Å²) in [7, 11) is 0. The lowest BCUT2D eigenvalue weighted by atomic mass is 9.98.